The highest BCUT2D eigenvalue weighted by Crippen LogP contribution is 2.41. The zero-order valence-electron chi connectivity index (χ0n) is 26.2. The number of ether oxygens (including phenoxy) is 2. The van der Waals surface area contributed by atoms with Crippen molar-refractivity contribution in [1.82, 2.24) is 15.1 Å². The minimum Gasteiger partial charge on any atom is -0.480 e. The fourth-order valence-corrected chi connectivity index (χ4v) is 5.87. The van der Waals surface area contributed by atoms with E-state index in [-0.39, 0.29) is 10.7 Å². The normalized spacial score (nSPS) is 20.9. The first-order valence-electron chi connectivity index (χ1n) is 13.2. The summed E-state index contributed by atoms with van der Waals surface area (Å²) < 4.78 is 9.74. The van der Waals surface area contributed by atoms with Gasteiger partial charge < -0.3 is 25.6 Å². The van der Waals surface area contributed by atoms with Crippen LogP contribution in [0, 0.1) is 0 Å². The molecule has 41 heavy (non-hydrogen) atoms. The first-order valence-corrected chi connectivity index (χ1v) is 15.2. The molecule has 0 aromatic rings. The van der Waals surface area contributed by atoms with Gasteiger partial charge in [-0.25, -0.2) is 14.4 Å². The zero-order valence-corrected chi connectivity index (χ0v) is 27.9. The van der Waals surface area contributed by atoms with Crippen molar-refractivity contribution in [2.75, 3.05) is 24.8 Å². The van der Waals surface area contributed by atoms with Crippen LogP contribution in [0.15, 0.2) is 25.3 Å². The second kappa shape index (κ2) is 15.7. The van der Waals surface area contributed by atoms with E-state index in [0.29, 0.717) is 24.8 Å². The summed E-state index contributed by atoms with van der Waals surface area (Å²) in [6.45, 7) is 26.2. The molecule has 3 amide bonds. The van der Waals surface area contributed by atoms with Crippen molar-refractivity contribution in [3.8, 4) is 0 Å². The second-order valence-electron chi connectivity index (χ2n) is 12.4. The molecule has 236 valence electrons. The standard InChI is InChI=1S/C14H24N2O3S.C11H19NO4S.C3H7N/c1-7-8-15-11(17)10-14(5,6)20-9-16(10)12(18)19-13(2,3)4;1-10(2,3)16-9(15)12-6-17-11(4,5)7(12)8(13)14;1-2-3-4/h7,10H,1,8-9H2,2-6H3,(H,15,17);7H,6H2,1-5H3,(H,13,14);2H,1,3-4H2. The first-order chi connectivity index (χ1) is 18.5. The van der Waals surface area contributed by atoms with Crippen molar-refractivity contribution >= 4 is 47.6 Å². The predicted molar refractivity (Wildman–Crippen MR) is 167 cm³/mol. The van der Waals surface area contributed by atoms with E-state index < -0.39 is 46.2 Å². The largest absolute Gasteiger partial charge is 0.480 e. The topological polar surface area (TPSA) is 152 Å². The van der Waals surface area contributed by atoms with E-state index in [9.17, 15) is 24.3 Å². The maximum atomic E-state index is 12.3. The molecule has 0 aromatic carbocycles. The van der Waals surface area contributed by atoms with Crippen LogP contribution in [0.25, 0.3) is 0 Å². The summed E-state index contributed by atoms with van der Waals surface area (Å²) in [5.41, 5.74) is 3.72. The molecule has 2 unspecified atom stereocenters. The fraction of sp³-hybridized carbons (Fsp3) is 0.714. The molecule has 0 aliphatic carbocycles. The van der Waals surface area contributed by atoms with Crippen LogP contribution in [-0.4, -0.2) is 96.6 Å². The highest BCUT2D eigenvalue weighted by molar-refractivity contribution is 8.01. The van der Waals surface area contributed by atoms with E-state index in [1.54, 1.807) is 44.7 Å². The molecule has 0 aromatic heterocycles. The van der Waals surface area contributed by atoms with Gasteiger partial charge in [0, 0.05) is 22.6 Å². The first kappa shape index (κ1) is 38.6. The van der Waals surface area contributed by atoms with Gasteiger partial charge in [0.1, 0.15) is 23.3 Å². The number of hydrogen-bond acceptors (Lipinski definition) is 9. The van der Waals surface area contributed by atoms with Crippen molar-refractivity contribution in [1.29, 1.82) is 0 Å². The van der Waals surface area contributed by atoms with Gasteiger partial charge >= 0.3 is 18.2 Å². The number of nitrogens with two attached hydrogens (primary N) is 1. The smallest absolute Gasteiger partial charge is 0.411 e. The molecule has 2 heterocycles. The Morgan fingerprint density at radius 3 is 1.56 bits per heavy atom. The quantitative estimate of drug-likeness (QED) is 0.371. The number of amides is 3. The summed E-state index contributed by atoms with van der Waals surface area (Å²) in [4.78, 5) is 50.4. The molecule has 0 radical (unpaired) electrons. The molecule has 0 spiro atoms. The number of thioether (sulfide) groups is 2. The number of rotatable bonds is 5. The Hall–Kier alpha value is -2.38. The van der Waals surface area contributed by atoms with Crippen LogP contribution >= 0.6 is 23.5 Å². The van der Waals surface area contributed by atoms with Crippen molar-refractivity contribution in [2.24, 2.45) is 5.73 Å². The van der Waals surface area contributed by atoms with E-state index in [1.165, 1.54) is 21.6 Å². The minimum atomic E-state index is -0.995. The maximum Gasteiger partial charge on any atom is 0.411 e. The molecule has 0 saturated carbocycles. The maximum absolute atomic E-state index is 12.3. The van der Waals surface area contributed by atoms with E-state index in [2.05, 4.69) is 18.5 Å². The number of aliphatic carboxylic acids is 1. The van der Waals surface area contributed by atoms with Crippen LogP contribution in [0.2, 0.25) is 0 Å². The molecule has 2 saturated heterocycles. The van der Waals surface area contributed by atoms with Crippen LogP contribution in [-0.2, 0) is 19.1 Å². The summed E-state index contributed by atoms with van der Waals surface area (Å²) in [6, 6.07) is -1.38. The number of carboxylic acids is 1. The average molecular weight is 619 g/mol. The van der Waals surface area contributed by atoms with Gasteiger partial charge in [0.2, 0.25) is 5.91 Å². The molecule has 2 aliphatic rings. The van der Waals surface area contributed by atoms with Crippen molar-refractivity contribution in [2.45, 2.75) is 102 Å². The summed E-state index contributed by atoms with van der Waals surface area (Å²) >= 11 is 3.01. The third-order valence-corrected chi connectivity index (χ3v) is 8.17. The Kier molecular flexibility index (Phi) is 14.8. The monoisotopic (exact) mass is 618 g/mol. The molecule has 4 N–H and O–H groups in total. The second-order valence-corrected chi connectivity index (χ2v) is 15.6. The lowest BCUT2D eigenvalue weighted by molar-refractivity contribution is -0.143. The predicted octanol–water partition coefficient (Wildman–Crippen LogP) is 4.67. The van der Waals surface area contributed by atoms with Crippen LogP contribution < -0.4 is 11.1 Å². The van der Waals surface area contributed by atoms with E-state index in [1.807, 2.05) is 48.5 Å². The molecule has 11 nitrogen and oxygen atoms in total. The van der Waals surface area contributed by atoms with E-state index in [4.69, 9.17) is 15.2 Å². The molecular formula is C28H50N4O7S2. The van der Waals surface area contributed by atoms with Gasteiger partial charge in [-0.3, -0.25) is 14.6 Å². The Morgan fingerprint density at radius 2 is 1.24 bits per heavy atom. The number of nitrogens with one attached hydrogen (secondary N) is 1. The Morgan fingerprint density at radius 1 is 0.878 bits per heavy atom. The van der Waals surface area contributed by atoms with Gasteiger partial charge in [0.25, 0.3) is 0 Å². The SMILES string of the molecule is C=CCN.C=CCNC(=O)C1N(C(=O)OC(C)(C)C)CSC1(C)C.CC(C)(C)OC(=O)N1CSC(C)(C)C1C(=O)O. The summed E-state index contributed by atoms with van der Waals surface area (Å²) in [6.07, 6.45) is 2.25. The number of carbonyl (C=O) groups excluding carboxylic acids is 3. The number of carbonyl (C=O) groups is 4. The lowest BCUT2D eigenvalue weighted by Crippen LogP contribution is -2.54. The third-order valence-electron chi connectivity index (χ3n) is 5.42. The van der Waals surface area contributed by atoms with E-state index in [0.717, 1.165) is 0 Å². The minimum absolute atomic E-state index is 0.175. The van der Waals surface area contributed by atoms with Gasteiger partial charge in [-0.15, -0.1) is 36.7 Å². The van der Waals surface area contributed by atoms with Crippen LogP contribution in [0.3, 0.4) is 0 Å². The molecule has 2 fully saturated rings. The lowest BCUT2D eigenvalue weighted by atomic mass is 10.0. The number of hydrogen-bond donors (Lipinski definition) is 3. The van der Waals surface area contributed by atoms with Crippen molar-refractivity contribution < 1.29 is 33.8 Å². The Labute approximate surface area is 254 Å². The molecule has 2 rings (SSSR count). The van der Waals surface area contributed by atoms with Gasteiger partial charge in [-0.05, 0) is 69.2 Å². The van der Waals surface area contributed by atoms with Gasteiger partial charge in [0.15, 0.2) is 0 Å². The highest BCUT2D eigenvalue weighted by Gasteiger charge is 2.50. The molecule has 13 heteroatoms. The zero-order chi connectivity index (χ0) is 32.4. The van der Waals surface area contributed by atoms with Crippen LogP contribution in [0.1, 0.15) is 69.2 Å². The molecule has 2 aliphatic heterocycles. The Balaban J connectivity index is 0.000000697. The van der Waals surface area contributed by atoms with Gasteiger partial charge in [0.05, 0.1) is 11.8 Å². The number of nitrogens with zero attached hydrogens (tertiary/aromatic N) is 2. The third kappa shape index (κ3) is 13.0. The highest BCUT2D eigenvalue weighted by atomic mass is 32.2. The van der Waals surface area contributed by atoms with Crippen LogP contribution in [0.5, 0.6) is 0 Å². The van der Waals surface area contributed by atoms with Crippen molar-refractivity contribution in [3.63, 3.8) is 0 Å². The van der Waals surface area contributed by atoms with E-state index >= 15 is 0 Å². The van der Waals surface area contributed by atoms with Gasteiger partial charge in [-0.2, -0.15) is 0 Å². The average Bonchev–Trinajstić information content (AvgIpc) is 3.30. The molecule has 2 atom stereocenters. The van der Waals surface area contributed by atoms with Crippen molar-refractivity contribution in [3.05, 3.63) is 25.3 Å². The van der Waals surface area contributed by atoms with Crippen LogP contribution in [0.4, 0.5) is 9.59 Å². The lowest BCUT2D eigenvalue weighted by Gasteiger charge is -2.31. The summed E-state index contributed by atoms with van der Waals surface area (Å²) in [5, 5.41) is 12.0. The number of carboxylic acid groups (broad SMARTS) is 1. The summed E-state index contributed by atoms with van der Waals surface area (Å²) in [5.74, 6) is -0.371. The van der Waals surface area contributed by atoms with Gasteiger partial charge in [-0.1, -0.05) is 12.2 Å². The molecule has 0 bridgehead atoms. The summed E-state index contributed by atoms with van der Waals surface area (Å²) in [7, 11) is 0. The Bertz CT molecular complexity index is 943. The molecular weight excluding hydrogens is 568 g/mol. The fourth-order valence-electron chi connectivity index (χ4n) is 3.64.